The second kappa shape index (κ2) is 6.23. The second-order valence-electron chi connectivity index (χ2n) is 3.80. The topological polar surface area (TPSA) is 29.1 Å². The van der Waals surface area contributed by atoms with Gasteiger partial charge in [0.1, 0.15) is 0 Å². The minimum absolute atomic E-state index is 0.138. The molecule has 0 saturated carbocycles. The predicted octanol–water partition coefficient (Wildman–Crippen LogP) is 2.45. The van der Waals surface area contributed by atoms with Gasteiger partial charge in [-0.3, -0.25) is 4.79 Å². The first-order valence-electron chi connectivity index (χ1n) is 5.54. The summed E-state index contributed by atoms with van der Waals surface area (Å²) in [5, 5.41) is 2.88. The summed E-state index contributed by atoms with van der Waals surface area (Å²) in [5.41, 5.74) is 2.64. The van der Waals surface area contributed by atoms with Gasteiger partial charge in [-0.2, -0.15) is 0 Å². The molecule has 0 heterocycles. The molecule has 0 atom stereocenters. The Kier molecular flexibility index (Phi) is 4.88. The summed E-state index contributed by atoms with van der Waals surface area (Å²) in [6.07, 6.45) is 2.62. The van der Waals surface area contributed by atoms with Crippen LogP contribution < -0.4 is 5.32 Å². The van der Waals surface area contributed by atoms with Crippen molar-refractivity contribution < 1.29 is 4.79 Å². The van der Waals surface area contributed by atoms with Crippen LogP contribution in [-0.4, -0.2) is 12.5 Å². The van der Waals surface area contributed by atoms with Crippen molar-refractivity contribution in [3.8, 4) is 0 Å². The average molecular weight is 205 g/mol. The fourth-order valence-corrected chi connectivity index (χ4v) is 1.51. The van der Waals surface area contributed by atoms with Gasteiger partial charge in [-0.05, 0) is 25.3 Å². The van der Waals surface area contributed by atoms with E-state index in [9.17, 15) is 4.79 Å². The molecule has 2 nitrogen and oxygen atoms in total. The molecule has 1 aromatic rings. The first-order chi connectivity index (χ1) is 7.22. The number of aryl methyl sites for hydroxylation is 2. The highest BCUT2D eigenvalue weighted by Gasteiger charge is 1.96. The summed E-state index contributed by atoms with van der Waals surface area (Å²) < 4.78 is 0. The Morgan fingerprint density at radius 2 is 2.20 bits per heavy atom. The predicted molar refractivity (Wildman–Crippen MR) is 62.8 cm³/mol. The summed E-state index contributed by atoms with van der Waals surface area (Å²) in [6.45, 7) is 4.75. The maximum atomic E-state index is 11.0. The fourth-order valence-electron chi connectivity index (χ4n) is 1.51. The van der Waals surface area contributed by atoms with E-state index in [1.54, 1.807) is 0 Å². The molecule has 0 aliphatic carbocycles. The minimum atomic E-state index is 0.138. The van der Waals surface area contributed by atoms with Crippen molar-refractivity contribution in [2.75, 3.05) is 6.54 Å². The van der Waals surface area contributed by atoms with Crippen molar-refractivity contribution in [1.29, 1.82) is 0 Å². The van der Waals surface area contributed by atoms with E-state index in [0.29, 0.717) is 6.42 Å². The Balaban J connectivity index is 2.23. The molecule has 0 bridgehead atoms. The Bertz CT molecular complexity index is 320. The van der Waals surface area contributed by atoms with Crippen molar-refractivity contribution in [3.05, 3.63) is 35.4 Å². The van der Waals surface area contributed by atoms with E-state index in [1.807, 2.05) is 6.92 Å². The van der Waals surface area contributed by atoms with Crippen LogP contribution in [0.5, 0.6) is 0 Å². The van der Waals surface area contributed by atoms with E-state index in [-0.39, 0.29) is 5.91 Å². The summed E-state index contributed by atoms with van der Waals surface area (Å²) in [4.78, 5) is 11.0. The highest BCUT2D eigenvalue weighted by molar-refractivity contribution is 5.75. The van der Waals surface area contributed by atoms with Gasteiger partial charge in [0, 0.05) is 13.0 Å². The molecule has 0 aliphatic heterocycles. The average Bonchev–Trinajstić information content (AvgIpc) is 2.24. The van der Waals surface area contributed by atoms with Gasteiger partial charge in [0.05, 0.1) is 0 Å². The third-order valence-corrected chi connectivity index (χ3v) is 2.37. The summed E-state index contributed by atoms with van der Waals surface area (Å²) in [5.74, 6) is 0.138. The molecule has 1 aromatic carbocycles. The molecule has 2 heteroatoms. The summed E-state index contributed by atoms with van der Waals surface area (Å²) >= 11 is 0. The maximum absolute atomic E-state index is 11.0. The third-order valence-electron chi connectivity index (χ3n) is 2.37. The molecule has 82 valence electrons. The zero-order valence-electron chi connectivity index (χ0n) is 9.55. The first-order valence-corrected chi connectivity index (χ1v) is 5.54. The highest BCUT2D eigenvalue weighted by Crippen LogP contribution is 2.05. The van der Waals surface area contributed by atoms with Gasteiger partial charge >= 0.3 is 0 Å². The molecule has 15 heavy (non-hydrogen) atoms. The van der Waals surface area contributed by atoms with Gasteiger partial charge in [0.2, 0.25) is 5.91 Å². The largest absolute Gasteiger partial charge is 0.356 e. The number of amides is 1. The van der Waals surface area contributed by atoms with Crippen molar-refractivity contribution in [2.45, 2.75) is 33.1 Å². The Labute approximate surface area is 91.7 Å². The van der Waals surface area contributed by atoms with Crippen LogP contribution in [0, 0.1) is 6.92 Å². The van der Waals surface area contributed by atoms with Crippen LogP contribution in [0.4, 0.5) is 0 Å². The van der Waals surface area contributed by atoms with Crippen LogP contribution in [0.2, 0.25) is 0 Å². The SMILES string of the molecule is CCC(=O)NCCCc1cccc(C)c1. The Morgan fingerprint density at radius 3 is 2.87 bits per heavy atom. The lowest BCUT2D eigenvalue weighted by Gasteiger charge is -2.04. The third kappa shape index (κ3) is 4.63. The number of carbonyl (C=O) groups is 1. The molecule has 0 unspecified atom stereocenters. The molecular formula is C13H19NO. The molecule has 0 fully saturated rings. The van der Waals surface area contributed by atoms with Crippen LogP contribution in [0.25, 0.3) is 0 Å². The lowest BCUT2D eigenvalue weighted by Crippen LogP contribution is -2.23. The van der Waals surface area contributed by atoms with Gasteiger partial charge < -0.3 is 5.32 Å². The smallest absolute Gasteiger partial charge is 0.219 e. The van der Waals surface area contributed by atoms with Crippen molar-refractivity contribution in [3.63, 3.8) is 0 Å². The molecule has 1 rings (SSSR count). The van der Waals surface area contributed by atoms with Gasteiger partial charge in [-0.1, -0.05) is 36.8 Å². The molecule has 1 amide bonds. The zero-order valence-corrected chi connectivity index (χ0v) is 9.55. The van der Waals surface area contributed by atoms with E-state index in [1.165, 1.54) is 11.1 Å². The van der Waals surface area contributed by atoms with Gasteiger partial charge in [0.25, 0.3) is 0 Å². The number of hydrogen-bond acceptors (Lipinski definition) is 1. The zero-order chi connectivity index (χ0) is 11.1. The number of benzene rings is 1. The number of nitrogens with one attached hydrogen (secondary N) is 1. The van der Waals surface area contributed by atoms with Gasteiger partial charge in [0.15, 0.2) is 0 Å². The molecule has 0 saturated heterocycles. The fraction of sp³-hybridized carbons (Fsp3) is 0.462. The number of hydrogen-bond donors (Lipinski definition) is 1. The van der Waals surface area contributed by atoms with E-state index >= 15 is 0 Å². The van der Waals surface area contributed by atoms with Crippen molar-refractivity contribution in [1.82, 2.24) is 5.32 Å². The lowest BCUT2D eigenvalue weighted by molar-refractivity contribution is -0.120. The molecular weight excluding hydrogens is 186 g/mol. The van der Waals surface area contributed by atoms with Gasteiger partial charge in [-0.15, -0.1) is 0 Å². The number of carbonyl (C=O) groups excluding carboxylic acids is 1. The van der Waals surface area contributed by atoms with Crippen molar-refractivity contribution >= 4 is 5.91 Å². The molecule has 0 radical (unpaired) electrons. The summed E-state index contributed by atoms with van der Waals surface area (Å²) in [7, 11) is 0. The second-order valence-corrected chi connectivity index (χ2v) is 3.80. The normalized spacial score (nSPS) is 10.0. The van der Waals surface area contributed by atoms with E-state index in [2.05, 4.69) is 36.5 Å². The Hall–Kier alpha value is -1.31. The lowest BCUT2D eigenvalue weighted by atomic mass is 10.1. The van der Waals surface area contributed by atoms with Crippen LogP contribution in [0.3, 0.4) is 0 Å². The highest BCUT2D eigenvalue weighted by atomic mass is 16.1. The quantitative estimate of drug-likeness (QED) is 0.735. The van der Waals surface area contributed by atoms with Crippen molar-refractivity contribution in [2.24, 2.45) is 0 Å². The molecule has 0 spiro atoms. The van der Waals surface area contributed by atoms with E-state index in [4.69, 9.17) is 0 Å². The van der Waals surface area contributed by atoms with Crippen LogP contribution in [-0.2, 0) is 11.2 Å². The molecule has 0 aliphatic rings. The van der Waals surface area contributed by atoms with Crippen LogP contribution in [0.1, 0.15) is 30.9 Å². The van der Waals surface area contributed by atoms with E-state index < -0.39 is 0 Å². The standard InChI is InChI=1S/C13H19NO/c1-3-13(15)14-9-5-8-12-7-4-6-11(2)10-12/h4,6-7,10H,3,5,8-9H2,1-2H3,(H,14,15). The first kappa shape index (κ1) is 11.8. The molecule has 1 N–H and O–H groups in total. The minimum Gasteiger partial charge on any atom is -0.356 e. The van der Waals surface area contributed by atoms with E-state index in [0.717, 1.165) is 19.4 Å². The Morgan fingerprint density at radius 1 is 1.40 bits per heavy atom. The van der Waals surface area contributed by atoms with Gasteiger partial charge in [-0.25, -0.2) is 0 Å². The molecule has 0 aromatic heterocycles. The maximum Gasteiger partial charge on any atom is 0.219 e. The summed E-state index contributed by atoms with van der Waals surface area (Å²) in [6, 6.07) is 8.51. The number of rotatable bonds is 5. The van der Waals surface area contributed by atoms with Crippen LogP contribution in [0.15, 0.2) is 24.3 Å². The monoisotopic (exact) mass is 205 g/mol. The van der Waals surface area contributed by atoms with Crippen LogP contribution >= 0.6 is 0 Å².